The highest BCUT2D eigenvalue weighted by atomic mass is 16.5. The second-order valence-corrected chi connectivity index (χ2v) is 7.96. The Bertz CT molecular complexity index is 1080. The number of rotatable bonds is 8. The molecule has 3 N–H and O–H groups in total. The smallest absolute Gasteiger partial charge is 0.308 e. The predicted octanol–water partition coefficient (Wildman–Crippen LogP) is 2.14. The SMILES string of the molecule is CCc1ccccc1Nc1nc(N)nc(COC(=O)CCN2C(=O)[C@@H]3CC=CC[C@H]3C2=O)n1. The molecule has 4 rings (SSSR count). The number of nitrogens with zero attached hydrogens (tertiary/aromatic N) is 4. The summed E-state index contributed by atoms with van der Waals surface area (Å²) in [5, 5.41) is 3.12. The maximum atomic E-state index is 12.5. The number of carbonyl (C=O) groups is 3. The van der Waals surface area contributed by atoms with Gasteiger partial charge in [-0.15, -0.1) is 0 Å². The van der Waals surface area contributed by atoms with E-state index in [9.17, 15) is 14.4 Å². The van der Waals surface area contributed by atoms with Crippen molar-refractivity contribution in [2.24, 2.45) is 11.8 Å². The van der Waals surface area contributed by atoms with Gasteiger partial charge in [-0.05, 0) is 30.9 Å². The molecule has 2 amide bonds. The highest BCUT2D eigenvalue weighted by Gasteiger charge is 2.46. The molecular formula is C23H26N6O4. The Morgan fingerprint density at radius 1 is 1.12 bits per heavy atom. The molecule has 0 unspecified atom stereocenters. The molecule has 1 fully saturated rings. The van der Waals surface area contributed by atoms with Crippen molar-refractivity contribution in [3.05, 3.63) is 47.8 Å². The number of para-hydroxylation sites is 1. The molecule has 0 bridgehead atoms. The molecule has 172 valence electrons. The zero-order valence-corrected chi connectivity index (χ0v) is 18.4. The highest BCUT2D eigenvalue weighted by Crippen LogP contribution is 2.35. The Balaban J connectivity index is 1.32. The lowest BCUT2D eigenvalue weighted by Gasteiger charge is -2.14. The minimum Gasteiger partial charge on any atom is -0.457 e. The fraction of sp³-hybridized carbons (Fsp3) is 0.391. The number of carbonyl (C=O) groups excluding carboxylic acids is 3. The molecule has 10 heteroatoms. The molecular weight excluding hydrogens is 424 g/mol. The van der Waals surface area contributed by atoms with E-state index in [2.05, 4.69) is 20.3 Å². The van der Waals surface area contributed by atoms with Crippen LogP contribution in [0.15, 0.2) is 36.4 Å². The van der Waals surface area contributed by atoms with Crippen molar-refractivity contribution in [2.45, 2.75) is 39.2 Å². The number of aromatic nitrogens is 3. The van der Waals surface area contributed by atoms with Crippen molar-refractivity contribution in [3.8, 4) is 0 Å². The second-order valence-electron chi connectivity index (χ2n) is 7.96. The summed E-state index contributed by atoms with van der Waals surface area (Å²) in [6, 6.07) is 7.75. The largest absolute Gasteiger partial charge is 0.457 e. The third-order valence-electron chi connectivity index (χ3n) is 5.84. The normalized spacial score (nSPS) is 19.5. The molecule has 0 saturated carbocycles. The summed E-state index contributed by atoms with van der Waals surface area (Å²) >= 11 is 0. The molecule has 2 aromatic rings. The molecule has 1 saturated heterocycles. The number of hydrogen-bond donors (Lipinski definition) is 2. The van der Waals surface area contributed by atoms with E-state index in [1.165, 1.54) is 4.90 Å². The van der Waals surface area contributed by atoms with Crippen LogP contribution in [-0.2, 0) is 32.1 Å². The lowest BCUT2D eigenvalue weighted by molar-refractivity contribution is -0.147. The zero-order valence-electron chi connectivity index (χ0n) is 18.4. The number of nitrogen functional groups attached to an aromatic ring is 1. The van der Waals surface area contributed by atoms with Gasteiger partial charge in [0.05, 0.1) is 18.3 Å². The van der Waals surface area contributed by atoms with E-state index in [0.29, 0.717) is 12.8 Å². The van der Waals surface area contributed by atoms with Crippen LogP contribution in [0.5, 0.6) is 0 Å². The Morgan fingerprint density at radius 3 is 2.52 bits per heavy atom. The van der Waals surface area contributed by atoms with Crippen LogP contribution < -0.4 is 11.1 Å². The van der Waals surface area contributed by atoms with E-state index in [0.717, 1.165) is 17.7 Å². The standard InChI is InChI=1S/C23H26N6O4/c1-2-14-7-3-6-10-17(14)25-23-27-18(26-22(24)28-23)13-33-19(30)11-12-29-20(31)15-8-4-5-9-16(15)21(29)32/h3-7,10,15-16H,2,8-9,11-13H2,1H3,(H3,24,25,26,27,28)/t15-,16-/m1/s1. The van der Waals surface area contributed by atoms with E-state index >= 15 is 0 Å². The lowest BCUT2D eigenvalue weighted by Crippen LogP contribution is -2.33. The molecule has 33 heavy (non-hydrogen) atoms. The topological polar surface area (TPSA) is 140 Å². The van der Waals surface area contributed by atoms with Gasteiger partial charge in [0.2, 0.25) is 23.7 Å². The van der Waals surface area contributed by atoms with Crippen molar-refractivity contribution >= 4 is 35.4 Å². The Morgan fingerprint density at radius 2 is 1.82 bits per heavy atom. The monoisotopic (exact) mass is 450 g/mol. The van der Waals surface area contributed by atoms with Gasteiger partial charge in [-0.1, -0.05) is 37.3 Å². The Labute approximate surface area is 191 Å². The van der Waals surface area contributed by atoms with Crippen molar-refractivity contribution in [2.75, 3.05) is 17.6 Å². The number of fused-ring (bicyclic) bond motifs is 1. The zero-order chi connectivity index (χ0) is 23.4. The van der Waals surface area contributed by atoms with Gasteiger partial charge in [0.15, 0.2) is 12.4 Å². The van der Waals surface area contributed by atoms with Gasteiger partial charge in [-0.2, -0.15) is 15.0 Å². The van der Waals surface area contributed by atoms with Gasteiger partial charge in [-0.3, -0.25) is 19.3 Å². The van der Waals surface area contributed by atoms with E-state index < -0.39 is 5.97 Å². The number of amides is 2. The maximum Gasteiger partial charge on any atom is 0.308 e. The Hall–Kier alpha value is -3.82. The van der Waals surface area contributed by atoms with Crippen LogP contribution >= 0.6 is 0 Å². The number of allylic oxidation sites excluding steroid dienone is 2. The van der Waals surface area contributed by atoms with Crippen LogP contribution in [-0.4, -0.2) is 44.2 Å². The predicted molar refractivity (Wildman–Crippen MR) is 120 cm³/mol. The first-order chi connectivity index (χ1) is 16.0. The van der Waals surface area contributed by atoms with E-state index in [1.807, 2.05) is 43.3 Å². The number of nitrogens with two attached hydrogens (primary N) is 1. The number of esters is 1. The van der Waals surface area contributed by atoms with Crippen LogP contribution in [0.3, 0.4) is 0 Å². The van der Waals surface area contributed by atoms with E-state index in [-0.39, 0.29) is 60.9 Å². The first-order valence-corrected chi connectivity index (χ1v) is 11.0. The summed E-state index contributed by atoms with van der Waals surface area (Å²) in [4.78, 5) is 50.8. The fourth-order valence-electron chi connectivity index (χ4n) is 4.14. The number of anilines is 3. The second kappa shape index (κ2) is 9.76. The fourth-order valence-corrected chi connectivity index (χ4v) is 4.14. The summed E-state index contributed by atoms with van der Waals surface area (Å²) in [5.74, 6) is -1.17. The third-order valence-corrected chi connectivity index (χ3v) is 5.84. The highest BCUT2D eigenvalue weighted by molar-refractivity contribution is 6.05. The minimum atomic E-state index is -0.562. The maximum absolute atomic E-state index is 12.5. The number of benzene rings is 1. The van der Waals surface area contributed by atoms with Gasteiger partial charge < -0.3 is 15.8 Å². The lowest BCUT2D eigenvalue weighted by atomic mass is 9.85. The summed E-state index contributed by atoms with van der Waals surface area (Å²) < 4.78 is 5.25. The minimum absolute atomic E-state index is 0.00277. The van der Waals surface area contributed by atoms with Crippen LogP contribution in [0.25, 0.3) is 0 Å². The average molecular weight is 450 g/mol. The quantitative estimate of drug-likeness (QED) is 0.351. The van der Waals surface area contributed by atoms with Crippen LogP contribution in [0.1, 0.15) is 37.6 Å². The van der Waals surface area contributed by atoms with Crippen LogP contribution in [0.4, 0.5) is 17.6 Å². The Kier molecular flexibility index (Phi) is 6.62. The van der Waals surface area contributed by atoms with Crippen molar-refractivity contribution in [1.29, 1.82) is 0 Å². The van der Waals surface area contributed by atoms with E-state index in [4.69, 9.17) is 10.5 Å². The van der Waals surface area contributed by atoms with Gasteiger partial charge in [0.25, 0.3) is 0 Å². The average Bonchev–Trinajstić information content (AvgIpc) is 3.06. The van der Waals surface area contributed by atoms with E-state index in [1.54, 1.807) is 0 Å². The molecule has 10 nitrogen and oxygen atoms in total. The summed E-state index contributed by atoms with van der Waals surface area (Å²) in [7, 11) is 0. The molecule has 1 aromatic carbocycles. The third kappa shape index (κ3) is 5.00. The van der Waals surface area contributed by atoms with Crippen molar-refractivity contribution in [3.63, 3.8) is 0 Å². The van der Waals surface area contributed by atoms with Crippen molar-refractivity contribution < 1.29 is 19.1 Å². The van der Waals surface area contributed by atoms with Gasteiger partial charge in [-0.25, -0.2) is 0 Å². The summed E-state index contributed by atoms with van der Waals surface area (Å²) in [6.45, 7) is 1.84. The van der Waals surface area contributed by atoms with Crippen molar-refractivity contribution in [1.82, 2.24) is 19.9 Å². The molecule has 1 aliphatic carbocycles. The molecule has 2 aliphatic rings. The number of aryl methyl sites for hydroxylation is 1. The number of likely N-dealkylation sites (tertiary alicyclic amines) is 1. The summed E-state index contributed by atoms with van der Waals surface area (Å²) in [6.07, 6.45) is 5.71. The van der Waals surface area contributed by atoms with Gasteiger partial charge in [0, 0.05) is 12.2 Å². The number of imide groups is 1. The molecule has 1 aliphatic heterocycles. The molecule has 2 atom stereocenters. The number of nitrogens with one attached hydrogen (secondary N) is 1. The summed E-state index contributed by atoms with van der Waals surface area (Å²) in [5.41, 5.74) is 7.73. The number of hydrogen-bond acceptors (Lipinski definition) is 9. The molecule has 0 radical (unpaired) electrons. The van der Waals surface area contributed by atoms with Gasteiger partial charge in [0.1, 0.15) is 0 Å². The first kappa shape index (κ1) is 22.4. The van der Waals surface area contributed by atoms with Crippen LogP contribution in [0.2, 0.25) is 0 Å². The molecule has 2 heterocycles. The number of ether oxygens (including phenoxy) is 1. The molecule has 0 spiro atoms. The van der Waals surface area contributed by atoms with Crippen LogP contribution in [0, 0.1) is 11.8 Å². The van der Waals surface area contributed by atoms with Gasteiger partial charge >= 0.3 is 5.97 Å². The molecule has 1 aromatic heterocycles. The first-order valence-electron chi connectivity index (χ1n) is 11.0.